The number of anilines is 1. The molecule has 0 radical (unpaired) electrons. The maximum absolute atomic E-state index is 13.3. The van der Waals surface area contributed by atoms with Crippen LogP contribution in [0.1, 0.15) is 57.2 Å². The second-order valence-electron chi connectivity index (χ2n) is 11.1. The highest BCUT2D eigenvalue weighted by atomic mass is 16.6. The number of piperazine rings is 1. The van der Waals surface area contributed by atoms with Gasteiger partial charge in [0.2, 0.25) is 5.91 Å². The first kappa shape index (κ1) is 29.0. The third-order valence-electron chi connectivity index (χ3n) is 6.84. The summed E-state index contributed by atoms with van der Waals surface area (Å²) in [6.07, 6.45) is 5.36. The molecule has 2 bridgehead atoms. The van der Waals surface area contributed by atoms with E-state index in [1.807, 2.05) is 86.3 Å². The predicted molar refractivity (Wildman–Crippen MR) is 154 cm³/mol. The highest BCUT2D eigenvalue weighted by molar-refractivity contribution is 5.87. The van der Waals surface area contributed by atoms with Gasteiger partial charge in [0.25, 0.3) is 0 Å². The maximum atomic E-state index is 13.3. The molecule has 0 aliphatic carbocycles. The van der Waals surface area contributed by atoms with E-state index in [-0.39, 0.29) is 25.1 Å². The van der Waals surface area contributed by atoms with Crippen LogP contribution in [0.15, 0.2) is 66.7 Å². The molecule has 0 saturated carbocycles. The molecule has 0 aromatic heterocycles. The number of ether oxygens (including phenoxy) is 2. The molecule has 2 aromatic rings. The summed E-state index contributed by atoms with van der Waals surface area (Å²) in [5.41, 5.74) is 2.08. The first-order chi connectivity index (χ1) is 19.2. The van der Waals surface area contributed by atoms with E-state index in [0.29, 0.717) is 32.5 Å². The number of fused-ring (bicyclic) bond motifs is 4. The molecule has 0 unspecified atom stereocenters. The van der Waals surface area contributed by atoms with Crippen molar-refractivity contribution in [3.63, 3.8) is 0 Å². The van der Waals surface area contributed by atoms with Crippen molar-refractivity contribution in [3.05, 3.63) is 77.9 Å². The number of carbonyl (C=O) groups is 3. The monoisotopic (exact) mass is 548 g/mol. The van der Waals surface area contributed by atoms with Gasteiger partial charge >= 0.3 is 12.2 Å². The molecular weight excluding hydrogens is 508 g/mol. The van der Waals surface area contributed by atoms with Crippen molar-refractivity contribution >= 4 is 23.8 Å². The first-order valence-corrected chi connectivity index (χ1v) is 13.9. The summed E-state index contributed by atoms with van der Waals surface area (Å²) in [5.74, 6) is -0.136. The molecule has 4 rings (SSSR count). The van der Waals surface area contributed by atoms with E-state index in [0.717, 1.165) is 23.2 Å². The number of hydrogen-bond acceptors (Lipinski definition) is 6. The van der Waals surface area contributed by atoms with Crippen LogP contribution in [0.2, 0.25) is 0 Å². The van der Waals surface area contributed by atoms with Crippen LogP contribution in [0.5, 0.6) is 0 Å². The Balaban J connectivity index is 1.54. The van der Waals surface area contributed by atoms with E-state index in [4.69, 9.17) is 9.47 Å². The highest BCUT2D eigenvalue weighted by Gasteiger charge is 2.36. The molecular formula is C31H40N4O5. The highest BCUT2D eigenvalue weighted by Crippen LogP contribution is 2.28. The number of allylic oxidation sites excluding steroid dienone is 1. The zero-order chi connectivity index (χ0) is 28.5. The number of nitrogens with one attached hydrogen (secondary N) is 2. The van der Waals surface area contributed by atoms with Gasteiger partial charge in [-0.25, -0.2) is 9.59 Å². The van der Waals surface area contributed by atoms with E-state index in [9.17, 15) is 14.4 Å². The number of carbonyl (C=O) groups excluding carboxylic acids is 3. The van der Waals surface area contributed by atoms with Crippen LogP contribution in [0, 0.1) is 0 Å². The Kier molecular flexibility index (Phi) is 9.69. The van der Waals surface area contributed by atoms with Gasteiger partial charge in [0.15, 0.2) is 0 Å². The molecule has 9 nitrogen and oxygen atoms in total. The smallest absolute Gasteiger partial charge is 0.410 e. The van der Waals surface area contributed by atoms with Crippen molar-refractivity contribution in [2.75, 3.05) is 31.1 Å². The number of hydrogen-bond donors (Lipinski definition) is 2. The molecule has 2 heterocycles. The summed E-state index contributed by atoms with van der Waals surface area (Å²) in [6.45, 7) is 7.30. The third-order valence-corrected chi connectivity index (χ3v) is 6.84. The summed E-state index contributed by atoms with van der Waals surface area (Å²) < 4.78 is 11.1. The molecule has 1 saturated heterocycles. The molecule has 40 heavy (non-hydrogen) atoms. The Hall–Kier alpha value is -4.01. The van der Waals surface area contributed by atoms with Gasteiger partial charge in [-0.2, -0.15) is 0 Å². The Morgan fingerprint density at radius 2 is 1.80 bits per heavy atom. The second-order valence-corrected chi connectivity index (χ2v) is 11.1. The topological polar surface area (TPSA) is 100 Å². The van der Waals surface area contributed by atoms with Gasteiger partial charge in [-0.3, -0.25) is 4.79 Å². The fraction of sp³-hybridized carbons (Fsp3) is 0.452. The van der Waals surface area contributed by atoms with Crippen LogP contribution >= 0.6 is 0 Å². The minimum absolute atomic E-state index is 0.136. The average Bonchev–Trinajstić information content (AvgIpc) is 2.93. The summed E-state index contributed by atoms with van der Waals surface area (Å²) in [6, 6.07) is 16.6. The number of nitrogens with zero attached hydrogens (tertiary/aromatic N) is 2. The second kappa shape index (κ2) is 13.4. The third kappa shape index (κ3) is 8.24. The van der Waals surface area contributed by atoms with Crippen LogP contribution in [0.25, 0.3) is 0 Å². The fourth-order valence-corrected chi connectivity index (χ4v) is 4.85. The fourth-order valence-electron chi connectivity index (χ4n) is 4.85. The number of benzene rings is 2. The van der Waals surface area contributed by atoms with E-state index < -0.39 is 23.8 Å². The lowest BCUT2D eigenvalue weighted by atomic mass is 9.99. The van der Waals surface area contributed by atoms with Crippen LogP contribution < -0.4 is 15.5 Å². The van der Waals surface area contributed by atoms with Gasteiger partial charge in [0.05, 0.1) is 12.6 Å². The van der Waals surface area contributed by atoms with Crippen molar-refractivity contribution in [3.8, 4) is 0 Å². The Morgan fingerprint density at radius 3 is 2.58 bits per heavy atom. The average molecular weight is 549 g/mol. The summed E-state index contributed by atoms with van der Waals surface area (Å²) in [7, 11) is 0. The number of amides is 3. The number of alkyl carbamates (subject to hydrolysis) is 1. The molecule has 2 aliphatic heterocycles. The minimum atomic E-state index is -0.620. The zero-order valence-electron chi connectivity index (χ0n) is 23.6. The van der Waals surface area contributed by atoms with Crippen LogP contribution in [-0.2, 0) is 20.9 Å². The van der Waals surface area contributed by atoms with Crippen molar-refractivity contribution < 1.29 is 23.9 Å². The molecule has 1 fully saturated rings. The SMILES string of the molecule is CC(C)(C)OC(=O)N1CCN2c3cccc(c3)[C@@H](NC(=O)OCc3ccccc3)CC/C=C/CCNC(=O)[C@H]2C1. The zero-order valence-corrected chi connectivity index (χ0v) is 23.6. The van der Waals surface area contributed by atoms with Gasteiger partial charge in [-0.15, -0.1) is 0 Å². The van der Waals surface area contributed by atoms with E-state index >= 15 is 0 Å². The van der Waals surface area contributed by atoms with Crippen molar-refractivity contribution in [2.24, 2.45) is 0 Å². The lowest BCUT2D eigenvalue weighted by Gasteiger charge is -2.42. The molecule has 0 spiro atoms. The molecule has 2 aromatic carbocycles. The summed E-state index contributed by atoms with van der Waals surface area (Å²) in [4.78, 5) is 42.5. The number of rotatable bonds is 3. The van der Waals surface area contributed by atoms with Crippen LogP contribution in [0.3, 0.4) is 0 Å². The Morgan fingerprint density at radius 1 is 1.02 bits per heavy atom. The van der Waals surface area contributed by atoms with Gasteiger partial charge < -0.3 is 29.9 Å². The maximum Gasteiger partial charge on any atom is 0.410 e. The lowest BCUT2D eigenvalue weighted by molar-refractivity contribution is -0.123. The predicted octanol–water partition coefficient (Wildman–Crippen LogP) is 4.94. The standard InChI is InChI=1S/C31H40N4O5/c1-31(2,3)40-30(38)34-18-19-35-25-15-11-14-24(20-25)26(33-29(37)39-22-23-12-7-6-8-13-23)16-9-4-5-10-17-32-28(36)27(35)21-34/h4-8,11-15,20,26-27H,9-10,16-19,21-22H2,1-3H3,(H,32,36)(H,33,37)/b5-4+/t26-,27+/m0/s1. The van der Waals surface area contributed by atoms with Crippen molar-refractivity contribution in [2.45, 2.75) is 64.3 Å². The van der Waals surface area contributed by atoms with Gasteiger partial charge in [-0.1, -0.05) is 54.6 Å². The van der Waals surface area contributed by atoms with Crippen LogP contribution in [-0.4, -0.2) is 60.8 Å². The molecule has 2 N–H and O–H groups in total. The quantitative estimate of drug-likeness (QED) is 0.528. The van der Waals surface area contributed by atoms with E-state index in [1.54, 1.807) is 4.90 Å². The minimum Gasteiger partial charge on any atom is -0.445 e. The molecule has 2 atom stereocenters. The molecule has 2 aliphatic rings. The van der Waals surface area contributed by atoms with E-state index in [2.05, 4.69) is 16.7 Å². The lowest BCUT2D eigenvalue weighted by Crippen LogP contribution is -2.60. The summed E-state index contributed by atoms with van der Waals surface area (Å²) >= 11 is 0. The van der Waals surface area contributed by atoms with Crippen molar-refractivity contribution in [1.29, 1.82) is 0 Å². The Labute approximate surface area is 236 Å². The van der Waals surface area contributed by atoms with Crippen molar-refractivity contribution in [1.82, 2.24) is 15.5 Å². The largest absolute Gasteiger partial charge is 0.445 e. The molecule has 3 amide bonds. The first-order valence-electron chi connectivity index (χ1n) is 13.9. The van der Waals surface area contributed by atoms with Gasteiger partial charge in [-0.05, 0) is 63.3 Å². The van der Waals surface area contributed by atoms with E-state index in [1.165, 1.54) is 0 Å². The van der Waals surface area contributed by atoms with Gasteiger partial charge in [0, 0.05) is 25.3 Å². The Bertz CT molecular complexity index is 1190. The van der Waals surface area contributed by atoms with Crippen LogP contribution in [0.4, 0.5) is 15.3 Å². The molecule has 214 valence electrons. The summed E-state index contributed by atoms with van der Waals surface area (Å²) in [5, 5.41) is 6.07. The molecule has 9 heteroatoms. The van der Waals surface area contributed by atoms with Gasteiger partial charge in [0.1, 0.15) is 18.2 Å². The normalized spacial score (nSPS) is 20.8.